The number of rotatable bonds is 1. The Morgan fingerprint density at radius 3 is 2.75 bits per heavy atom. The number of aliphatic carboxylic acids is 1. The maximum absolute atomic E-state index is 11.0. The molecule has 0 radical (unpaired) electrons. The second-order valence-electron chi connectivity index (χ2n) is 2.64. The van der Waals surface area contributed by atoms with Gasteiger partial charge in [0.15, 0.2) is 0 Å². The van der Waals surface area contributed by atoms with Gasteiger partial charge in [-0.25, -0.2) is 4.79 Å². The summed E-state index contributed by atoms with van der Waals surface area (Å²) in [5.41, 5.74) is 0. The fraction of sp³-hybridized carbons (Fsp3) is 0.500. The molecule has 1 aliphatic rings. The number of carboxylic acids is 1. The Morgan fingerprint density at radius 1 is 1.58 bits per heavy atom. The SMILES string of the molecule is C#CC(=O)N1CCC[C@@H]1C(=O)O. The number of amides is 1. The maximum Gasteiger partial charge on any atom is 0.326 e. The second kappa shape index (κ2) is 3.26. The van der Waals surface area contributed by atoms with Crippen LogP contribution in [0.15, 0.2) is 0 Å². The van der Waals surface area contributed by atoms with Crippen molar-refractivity contribution in [1.82, 2.24) is 4.90 Å². The molecule has 4 nitrogen and oxygen atoms in total. The van der Waals surface area contributed by atoms with Crippen LogP contribution in [0.4, 0.5) is 0 Å². The fourth-order valence-corrected chi connectivity index (χ4v) is 1.35. The van der Waals surface area contributed by atoms with Gasteiger partial charge in [0, 0.05) is 6.54 Å². The Kier molecular flexibility index (Phi) is 2.34. The molecule has 4 heteroatoms. The van der Waals surface area contributed by atoms with E-state index in [0.29, 0.717) is 19.4 Å². The summed E-state index contributed by atoms with van der Waals surface area (Å²) < 4.78 is 0. The maximum atomic E-state index is 11.0. The summed E-state index contributed by atoms with van der Waals surface area (Å²) in [7, 11) is 0. The van der Waals surface area contributed by atoms with E-state index in [1.165, 1.54) is 4.90 Å². The van der Waals surface area contributed by atoms with E-state index in [9.17, 15) is 9.59 Å². The average Bonchev–Trinajstić information content (AvgIpc) is 2.50. The van der Waals surface area contributed by atoms with Gasteiger partial charge in [-0.2, -0.15) is 0 Å². The highest BCUT2D eigenvalue weighted by Crippen LogP contribution is 2.16. The van der Waals surface area contributed by atoms with Gasteiger partial charge in [-0.05, 0) is 18.8 Å². The van der Waals surface area contributed by atoms with E-state index in [1.54, 1.807) is 0 Å². The topological polar surface area (TPSA) is 57.6 Å². The Bertz CT molecular complexity index is 254. The van der Waals surface area contributed by atoms with Gasteiger partial charge in [0.1, 0.15) is 6.04 Å². The van der Waals surface area contributed by atoms with Crippen LogP contribution in [-0.2, 0) is 9.59 Å². The summed E-state index contributed by atoms with van der Waals surface area (Å²) in [5, 5.41) is 8.67. The molecule has 1 N–H and O–H groups in total. The van der Waals surface area contributed by atoms with Crippen LogP contribution in [0.25, 0.3) is 0 Å². The lowest BCUT2D eigenvalue weighted by atomic mass is 10.2. The van der Waals surface area contributed by atoms with Crippen molar-refractivity contribution in [3.8, 4) is 12.3 Å². The van der Waals surface area contributed by atoms with Gasteiger partial charge in [0.25, 0.3) is 5.91 Å². The number of nitrogens with zero attached hydrogens (tertiary/aromatic N) is 1. The molecule has 0 aromatic rings. The largest absolute Gasteiger partial charge is 0.480 e. The van der Waals surface area contributed by atoms with Gasteiger partial charge in [-0.3, -0.25) is 4.79 Å². The highest BCUT2D eigenvalue weighted by Gasteiger charge is 2.32. The minimum absolute atomic E-state index is 0.458. The van der Waals surface area contributed by atoms with Crippen molar-refractivity contribution < 1.29 is 14.7 Å². The summed E-state index contributed by atoms with van der Waals surface area (Å²) in [4.78, 5) is 22.7. The van der Waals surface area contributed by atoms with Crippen molar-refractivity contribution in [2.75, 3.05) is 6.54 Å². The number of terminal acetylenes is 1. The van der Waals surface area contributed by atoms with Crippen molar-refractivity contribution in [2.45, 2.75) is 18.9 Å². The predicted molar refractivity (Wildman–Crippen MR) is 41.2 cm³/mol. The van der Waals surface area contributed by atoms with Crippen molar-refractivity contribution in [3.63, 3.8) is 0 Å². The van der Waals surface area contributed by atoms with E-state index < -0.39 is 17.9 Å². The highest BCUT2D eigenvalue weighted by molar-refractivity contribution is 5.95. The molecule has 1 fully saturated rings. The van der Waals surface area contributed by atoms with E-state index in [0.717, 1.165) is 0 Å². The molecule has 1 atom stereocenters. The first-order chi connectivity index (χ1) is 5.66. The molecule has 1 saturated heterocycles. The quantitative estimate of drug-likeness (QED) is 0.545. The Morgan fingerprint density at radius 2 is 2.25 bits per heavy atom. The molecular formula is C8H9NO3. The third kappa shape index (κ3) is 1.40. The molecule has 1 rings (SSSR count). The zero-order valence-corrected chi connectivity index (χ0v) is 6.49. The van der Waals surface area contributed by atoms with E-state index in [-0.39, 0.29) is 0 Å². The van der Waals surface area contributed by atoms with E-state index in [2.05, 4.69) is 0 Å². The van der Waals surface area contributed by atoms with Crippen LogP contribution < -0.4 is 0 Å². The highest BCUT2D eigenvalue weighted by atomic mass is 16.4. The molecule has 0 saturated carbocycles. The number of carbonyl (C=O) groups is 2. The van der Waals surface area contributed by atoms with Crippen LogP contribution >= 0.6 is 0 Å². The molecule has 0 aliphatic carbocycles. The molecule has 1 aliphatic heterocycles. The molecule has 12 heavy (non-hydrogen) atoms. The van der Waals surface area contributed by atoms with Crippen molar-refractivity contribution in [1.29, 1.82) is 0 Å². The van der Waals surface area contributed by atoms with Crippen LogP contribution in [0.2, 0.25) is 0 Å². The summed E-state index contributed by atoms with van der Waals surface area (Å²) in [5.74, 6) is 0.412. The first-order valence-corrected chi connectivity index (χ1v) is 3.67. The van der Waals surface area contributed by atoms with Crippen LogP contribution in [0.5, 0.6) is 0 Å². The Balaban J connectivity index is 2.72. The van der Waals surface area contributed by atoms with E-state index >= 15 is 0 Å². The van der Waals surface area contributed by atoms with Crippen LogP contribution in [-0.4, -0.2) is 34.5 Å². The lowest BCUT2D eigenvalue weighted by Gasteiger charge is -2.17. The number of hydrogen-bond acceptors (Lipinski definition) is 2. The zero-order chi connectivity index (χ0) is 9.14. The number of likely N-dealkylation sites (tertiary alicyclic amines) is 1. The first kappa shape index (κ1) is 8.60. The zero-order valence-electron chi connectivity index (χ0n) is 6.49. The van der Waals surface area contributed by atoms with Crippen molar-refractivity contribution in [3.05, 3.63) is 0 Å². The monoisotopic (exact) mass is 167 g/mol. The summed E-state index contributed by atoms with van der Waals surface area (Å²) in [6.45, 7) is 0.458. The Hall–Kier alpha value is -1.50. The van der Waals surface area contributed by atoms with Crippen LogP contribution in [0, 0.1) is 12.3 Å². The molecule has 0 bridgehead atoms. The molecule has 0 unspecified atom stereocenters. The summed E-state index contributed by atoms with van der Waals surface area (Å²) in [6.07, 6.45) is 6.10. The lowest BCUT2D eigenvalue weighted by molar-refractivity contribution is -0.146. The molecule has 0 spiro atoms. The molecule has 0 aromatic heterocycles. The minimum Gasteiger partial charge on any atom is -0.480 e. The summed E-state index contributed by atoms with van der Waals surface area (Å²) in [6, 6.07) is -0.714. The number of carboxylic acid groups (broad SMARTS) is 1. The normalized spacial score (nSPS) is 21.9. The van der Waals surface area contributed by atoms with E-state index in [1.807, 2.05) is 5.92 Å². The molecule has 64 valence electrons. The van der Waals surface area contributed by atoms with Crippen molar-refractivity contribution >= 4 is 11.9 Å². The third-order valence-electron chi connectivity index (χ3n) is 1.92. The van der Waals surface area contributed by atoms with Gasteiger partial charge in [0.05, 0.1) is 0 Å². The molecule has 0 aromatic carbocycles. The third-order valence-corrected chi connectivity index (χ3v) is 1.92. The number of carbonyl (C=O) groups excluding carboxylic acids is 1. The average molecular weight is 167 g/mol. The van der Waals surface area contributed by atoms with Gasteiger partial charge in [-0.1, -0.05) is 0 Å². The van der Waals surface area contributed by atoms with Gasteiger partial charge >= 0.3 is 5.97 Å². The van der Waals surface area contributed by atoms with Crippen molar-refractivity contribution in [2.24, 2.45) is 0 Å². The smallest absolute Gasteiger partial charge is 0.326 e. The van der Waals surface area contributed by atoms with Gasteiger partial charge in [0.2, 0.25) is 0 Å². The summed E-state index contributed by atoms with van der Waals surface area (Å²) >= 11 is 0. The molecule has 1 amide bonds. The minimum atomic E-state index is -0.976. The molecule has 1 heterocycles. The number of hydrogen-bond donors (Lipinski definition) is 1. The van der Waals surface area contributed by atoms with Gasteiger partial charge in [-0.15, -0.1) is 6.42 Å². The van der Waals surface area contributed by atoms with E-state index in [4.69, 9.17) is 11.5 Å². The second-order valence-corrected chi connectivity index (χ2v) is 2.64. The predicted octanol–water partition coefficient (Wildman–Crippen LogP) is -0.305. The fourth-order valence-electron chi connectivity index (χ4n) is 1.35. The molecular weight excluding hydrogens is 158 g/mol. The Labute approximate surface area is 70.2 Å². The van der Waals surface area contributed by atoms with Crippen LogP contribution in [0.1, 0.15) is 12.8 Å². The lowest BCUT2D eigenvalue weighted by Crippen LogP contribution is -2.39. The van der Waals surface area contributed by atoms with Crippen LogP contribution in [0.3, 0.4) is 0 Å². The standard InChI is InChI=1S/C8H9NO3/c1-2-7(10)9-5-3-4-6(9)8(11)12/h1,6H,3-5H2,(H,11,12)/t6-/m1/s1. The van der Waals surface area contributed by atoms with Gasteiger partial charge < -0.3 is 10.0 Å². The first-order valence-electron chi connectivity index (χ1n) is 3.67.